The van der Waals surface area contributed by atoms with Crippen molar-refractivity contribution in [3.05, 3.63) is 84.3 Å². The van der Waals surface area contributed by atoms with Gasteiger partial charge in [0.2, 0.25) is 0 Å². The number of ether oxygens (including phenoxy) is 2. The zero-order valence-electron chi connectivity index (χ0n) is 25.7. The average Bonchev–Trinajstić information content (AvgIpc) is 3.37. The Bertz CT molecular complexity index is 2140. The Labute approximate surface area is 274 Å². The van der Waals surface area contributed by atoms with Gasteiger partial charge in [0.1, 0.15) is 29.9 Å². The summed E-state index contributed by atoms with van der Waals surface area (Å²) in [7, 11) is 0. The third kappa shape index (κ3) is 6.37. The van der Waals surface area contributed by atoms with Gasteiger partial charge >= 0.3 is 12.1 Å². The number of nitriles is 1. The number of halogens is 4. The van der Waals surface area contributed by atoms with Crippen LogP contribution < -0.4 is 10.3 Å². The molecule has 238 valence electrons. The number of alkyl halides is 3. The second-order valence-corrected chi connectivity index (χ2v) is 13.4. The summed E-state index contributed by atoms with van der Waals surface area (Å²) in [6.07, 6.45) is -4.75. The Morgan fingerprint density at radius 3 is 2.46 bits per heavy atom. The van der Waals surface area contributed by atoms with E-state index in [-0.39, 0.29) is 29.9 Å². The molecule has 13 heteroatoms. The van der Waals surface area contributed by atoms with E-state index >= 15 is 0 Å². The molecule has 0 spiro atoms. The van der Waals surface area contributed by atoms with Crippen molar-refractivity contribution >= 4 is 54.4 Å². The molecule has 2 aromatic carbocycles. The summed E-state index contributed by atoms with van der Waals surface area (Å²) in [6.45, 7) is 10.7. The summed E-state index contributed by atoms with van der Waals surface area (Å²) >= 11 is 4.24. The highest BCUT2D eigenvalue weighted by Gasteiger charge is 2.36. The maximum atomic E-state index is 13.6. The van der Waals surface area contributed by atoms with Crippen molar-refractivity contribution in [2.75, 3.05) is 6.61 Å². The van der Waals surface area contributed by atoms with Crippen LogP contribution in [0.1, 0.15) is 59.3 Å². The molecule has 0 atom stereocenters. The minimum atomic E-state index is -4.75. The lowest BCUT2D eigenvalue weighted by Crippen LogP contribution is -2.27. The van der Waals surface area contributed by atoms with E-state index in [9.17, 15) is 28.0 Å². The molecule has 5 rings (SSSR count). The van der Waals surface area contributed by atoms with Gasteiger partial charge < -0.3 is 9.47 Å². The number of carbonyl (C=O) groups is 1. The van der Waals surface area contributed by atoms with E-state index in [1.54, 1.807) is 32.2 Å². The standard InChI is InChI=1S/C33H28BrF3N4O4S/c1-16-7-8-25(19(11-16)20-12-17(2)39-28-22(15-46-29(20)28)31(43)45-32(4,5)6)44-10-9-41-18(3)40-24-13-23(33(35,36)37)27(34)21(14-38)26(24)30(41)42/h7-8,11-13,15H,9-10H2,1-6H3. The molecule has 8 nitrogen and oxygen atoms in total. The van der Waals surface area contributed by atoms with Gasteiger partial charge in [0.15, 0.2) is 0 Å². The molecule has 0 aliphatic rings. The van der Waals surface area contributed by atoms with Crippen molar-refractivity contribution in [1.29, 1.82) is 5.26 Å². The molecule has 3 aromatic heterocycles. The number of aryl methyl sites for hydroxylation is 3. The Morgan fingerprint density at radius 1 is 1.09 bits per heavy atom. The summed E-state index contributed by atoms with van der Waals surface area (Å²) in [4.78, 5) is 35.4. The number of hydrogen-bond donors (Lipinski definition) is 0. The van der Waals surface area contributed by atoms with Crippen LogP contribution >= 0.6 is 27.3 Å². The molecule has 0 aliphatic heterocycles. The molecule has 3 heterocycles. The van der Waals surface area contributed by atoms with E-state index in [1.807, 2.05) is 38.1 Å². The number of nitrogens with zero attached hydrogens (tertiary/aromatic N) is 4. The Kier molecular flexibility index (Phi) is 8.74. The van der Waals surface area contributed by atoms with E-state index in [2.05, 4.69) is 25.9 Å². The van der Waals surface area contributed by atoms with Gasteiger partial charge in [-0.05, 0) is 81.7 Å². The van der Waals surface area contributed by atoms with Gasteiger partial charge in [-0.25, -0.2) is 9.78 Å². The number of fused-ring (bicyclic) bond motifs is 2. The van der Waals surface area contributed by atoms with E-state index in [1.165, 1.54) is 22.8 Å². The zero-order chi connectivity index (χ0) is 33.7. The topological polar surface area (TPSA) is 107 Å². The molecule has 46 heavy (non-hydrogen) atoms. The Morgan fingerprint density at radius 2 is 1.80 bits per heavy atom. The molecule has 0 saturated carbocycles. The van der Waals surface area contributed by atoms with Crippen LogP contribution in [0.15, 0.2) is 45.0 Å². The number of rotatable bonds is 6. The van der Waals surface area contributed by atoms with Crippen molar-refractivity contribution in [2.45, 2.75) is 59.9 Å². The van der Waals surface area contributed by atoms with E-state index in [0.717, 1.165) is 27.5 Å². The first kappa shape index (κ1) is 33.1. The van der Waals surface area contributed by atoms with Gasteiger partial charge in [-0.2, -0.15) is 18.4 Å². The summed E-state index contributed by atoms with van der Waals surface area (Å²) in [6, 6.07) is 10.1. The maximum Gasteiger partial charge on any atom is 0.417 e. The lowest BCUT2D eigenvalue weighted by Gasteiger charge is -2.19. The van der Waals surface area contributed by atoms with Gasteiger partial charge in [0, 0.05) is 26.7 Å². The van der Waals surface area contributed by atoms with Crippen LogP contribution in [0.25, 0.3) is 32.2 Å². The van der Waals surface area contributed by atoms with Crippen LogP contribution in [-0.4, -0.2) is 32.7 Å². The first-order valence-corrected chi connectivity index (χ1v) is 15.7. The van der Waals surface area contributed by atoms with E-state index < -0.39 is 38.9 Å². The third-order valence-corrected chi connectivity index (χ3v) is 8.89. The molecule has 0 amide bonds. The second-order valence-electron chi connectivity index (χ2n) is 11.7. The first-order valence-electron chi connectivity index (χ1n) is 14.1. The fourth-order valence-corrected chi connectivity index (χ4v) is 6.72. The summed E-state index contributed by atoms with van der Waals surface area (Å²) in [5.41, 5.74) is 1.07. The molecule has 5 aromatic rings. The van der Waals surface area contributed by atoms with Crippen molar-refractivity contribution in [1.82, 2.24) is 14.5 Å². The van der Waals surface area contributed by atoms with Crippen LogP contribution in [0.3, 0.4) is 0 Å². The van der Waals surface area contributed by atoms with Crippen LogP contribution in [0.4, 0.5) is 13.2 Å². The fraction of sp³-hybridized carbons (Fsp3) is 0.303. The number of aromatic nitrogens is 3. The number of benzene rings is 2. The number of thiophene rings is 1. The largest absolute Gasteiger partial charge is 0.491 e. The highest BCUT2D eigenvalue weighted by molar-refractivity contribution is 9.10. The van der Waals surface area contributed by atoms with Gasteiger partial charge in [-0.15, -0.1) is 11.3 Å². The van der Waals surface area contributed by atoms with Crippen LogP contribution in [0.2, 0.25) is 0 Å². The van der Waals surface area contributed by atoms with Crippen molar-refractivity contribution in [3.63, 3.8) is 0 Å². The SMILES string of the molecule is Cc1ccc(OCCn2c(C)nc3cc(C(F)(F)F)c(Br)c(C#N)c3c2=O)c(-c2cc(C)nc3c(C(=O)OC(C)(C)C)csc23)c1. The van der Waals surface area contributed by atoms with Gasteiger partial charge in [0.25, 0.3) is 5.56 Å². The molecule has 0 unspecified atom stereocenters. The molecular formula is C33H28BrF3N4O4S. The van der Waals surface area contributed by atoms with Gasteiger partial charge in [-0.1, -0.05) is 11.6 Å². The van der Waals surface area contributed by atoms with E-state index in [4.69, 9.17) is 9.47 Å². The minimum Gasteiger partial charge on any atom is -0.491 e. The molecular weight excluding hydrogens is 685 g/mol. The van der Waals surface area contributed by atoms with Gasteiger partial charge in [0.05, 0.1) is 44.4 Å². The Hall–Kier alpha value is -4.28. The van der Waals surface area contributed by atoms with Crippen LogP contribution in [0.5, 0.6) is 5.75 Å². The molecule has 0 saturated heterocycles. The van der Waals surface area contributed by atoms with Crippen LogP contribution in [0, 0.1) is 32.1 Å². The molecule has 0 radical (unpaired) electrons. The Balaban J connectivity index is 1.51. The summed E-state index contributed by atoms with van der Waals surface area (Å²) < 4.78 is 54.1. The quantitative estimate of drug-likeness (QED) is 0.163. The third-order valence-electron chi connectivity index (χ3n) is 7.06. The number of pyridine rings is 1. The molecule has 0 bridgehead atoms. The lowest BCUT2D eigenvalue weighted by molar-refractivity contribution is -0.138. The zero-order valence-corrected chi connectivity index (χ0v) is 28.1. The molecule has 0 aliphatic carbocycles. The predicted molar refractivity (Wildman–Crippen MR) is 173 cm³/mol. The second kappa shape index (κ2) is 12.1. The predicted octanol–water partition coefficient (Wildman–Crippen LogP) is 8.29. The first-order chi connectivity index (χ1) is 21.5. The number of esters is 1. The van der Waals surface area contributed by atoms with Crippen molar-refractivity contribution < 1.29 is 27.4 Å². The highest BCUT2D eigenvalue weighted by Crippen LogP contribution is 2.41. The van der Waals surface area contributed by atoms with Crippen molar-refractivity contribution in [2.24, 2.45) is 0 Å². The van der Waals surface area contributed by atoms with Crippen LogP contribution in [-0.2, 0) is 17.5 Å². The normalized spacial score (nSPS) is 12.0. The monoisotopic (exact) mass is 712 g/mol. The molecule has 0 fully saturated rings. The highest BCUT2D eigenvalue weighted by atomic mass is 79.9. The summed E-state index contributed by atoms with van der Waals surface area (Å²) in [5, 5.41) is 11.2. The fourth-order valence-electron chi connectivity index (χ4n) is 5.08. The smallest absolute Gasteiger partial charge is 0.417 e. The number of hydrogen-bond acceptors (Lipinski definition) is 8. The minimum absolute atomic E-state index is 0.00843. The lowest BCUT2D eigenvalue weighted by atomic mass is 10.0. The summed E-state index contributed by atoms with van der Waals surface area (Å²) in [5.74, 6) is 0.221. The molecule has 0 N–H and O–H groups in total. The number of carbonyl (C=O) groups excluding carboxylic acids is 1. The van der Waals surface area contributed by atoms with Crippen molar-refractivity contribution in [3.8, 4) is 22.9 Å². The van der Waals surface area contributed by atoms with Gasteiger partial charge in [-0.3, -0.25) is 14.3 Å². The average molecular weight is 714 g/mol. The maximum absolute atomic E-state index is 13.6. The van der Waals surface area contributed by atoms with E-state index in [0.29, 0.717) is 22.5 Å².